The van der Waals surface area contributed by atoms with Crippen LogP contribution in [0.4, 0.5) is 0 Å². The lowest BCUT2D eigenvalue weighted by Gasteiger charge is -2.23. The summed E-state index contributed by atoms with van der Waals surface area (Å²) in [5, 5.41) is 10.2. The normalized spacial score (nSPS) is 13.1. The molecule has 2 heteroatoms. The Labute approximate surface area is 98.9 Å². The van der Waals surface area contributed by atoms with E-state index in [4.69, 9.17) is 0 Å². The maximum absolute atomic E-state index is 10.2. The highest BCUT2D eigenvalue weighted by Crippen LogP contribution is 2.19. The molecule has 0 fully saturated rings. The molecule has 1 N–H and O–H groups in total. The summed E-state index contributed by atoms with van der Waals surface area (Å²) in [5.41, 5.74) is 3.48. The van der Waals surface area contributed by atoms with Crippen molar-refractivity contribution in [3.05, 3.63) is 34.9 Å². The Morgan fingerprint density at radius 1 is 1.19 bits per heavy atom. The molecular weight excluding hydrogens is 198 g/mol. The molecule has 0 aliphatic carbocycles. The molecule has 1 aromatic carbocycles. The van der Waals surface area contributed by atoms with Crippen LogP contribution in [0.15, 0.2) is 18.2 Å². The Balaban J connectivity index is 2.76. The van der Waals surface area contributed by atoms with Crippen LogP contribution in [-0.2, 0) is 0 Å². The van der Waals surface area contributed by atoms with Crippen molar-refractivity contribution < 1.29 is 5.11 Å². The Kier molecular flexibility index (Phi) is 4.97. The number of likely N-dealkylation sites (N-methyl/N-ethyl adjacent to an activating group) is 1. The molecule has 0 heterocycles. The first-order chi connectivity index (χ1) is 7.58. The molecule has 1 rings (SSSR count). The molecular formula is C14H23NO. The van der Waals surface area contributed by atoms with Crippen molar-refractivity contribution in [1.29, 1.82) is 0 Å². The predicted octanol–water partition coefficient (Wildman–Crippen LogP) is 2.68. The van der Waals surface area contributed by atoms with E-state index in [1.807, 2.05) is 6.07 Å². The second-order valence-electron chi connectivity index (χ2n) is 4.36. The minimum atomic E-state index is -0.375. The molecule has 0 saturated carbocycles. The van der Waals surface area contributed by atoms with Crippen molar-refractivity contribution in [2.45, 2.75) is 33.8 Å². The number of aryl methyl sites for hydroxylation is 2. The van der Waals surface area contributed by atoms with Crippen molar-refractivity contribution in [3.63, 3.8) is 0 Å². The molecule has 90 valence electrons. The van der Waals surface area contributed by atoms with E-state index < -0.39 is 0 Å². The van der Waals surface area contributed by atoms with E-state index in [0.29, 0.717) is 0 Å². The average molecular weight is 221 g/mol. The lowest BCUT2D eigenvalue weighted by Crippen LogP contribution is -2.28. The average Bonchev–Trinajstić information content (AvgIpc) is 2.25. The van der Waals surface area contributed by atoms with Crippen LogP contribution in [0.5, 0.6) is 0 Å². The summed E-state index contributed by atoms with van der Waals surface area (Å²) >= 11 is 0. The standard InChI is InChI=1S/C14H23NO/c1-5-15(6-2)10-14(16)13-8-7-11(3)9-12(13)4/h7-9,14,16H,5-6,10H2,1-4H3. The summed E-state index contributed by atoms with van der Waals surface area (Å²) in [5.74, 6) is 0. The van der Waals surface area contributed by atoms with Gasteiger partial charge >= 0.3 is 0 Å². The van der Waals surface area contributed by atoms with Crippen molar-refractivity contribution in [2.75, 3.05) is 19.6 Å². The maximum atomic E-state index is 10.2. The maximum Gasteiger partial charge on any atom is 0.0919 e. The second kappa shape index (κ2) is 6.02. The Bertz CT molecular complexity index is 332. The van der Waals surface area contributed by atoms with Crippen LogP contribution in [0.25, 0.3) is 0 Å². The monoisotopic (exact) mass is 221 g/mol. The van der Waals surface area contributed by atoms with E-state index in [1.165, 1.54) is 11.1 Å². The molecule has 0 radical (unpaired) electrons. The van der Waals surface area contributed by atoms with Gasteiger partial charge in [-0.25, -0.2) is 0 Å². The number of aliphatic hydroxyl groups excluding tert-OH is 1. The van der Waals surface area contributed by atoms with Gasteiger partial charge < -0.3 is 10.0 Å². The lowest BCUT2D eigenvalue weighted by molar-refractivity contribution is 0.118. The minimum Gasteiger partial charge on any atom is -0.387 e. The van der Waals surface area contributed by atoms with Crippen molar-refractivity contribution in [3.8, 4) is 0 Å². The number of hydrogen-bond donors (Lipinski definition) is 1. The summed E-state index contributed by atoms with van der Waals surface area (Å²) in [7, 11) is 0. The van der Waals surface area contributed by atoms with E-state index in [2.05, 4.69) is 44.7 Å². The zero-order valence-corrected chi connectivity index (χ0v) is 10.8. The molecule has 0 spiro atoms. The Hall–Kier alpha value is -0.860. The third-order valence-corrected chi connectivity index (χ3v) is 3.11. The predicted molar refractivity (Wildman–Crippen MR) is 68.7 cm³/mol. The molecule has 0 aliphatic rings. The first-order valence-corrected chi connectivity index (χ1v) is 6.06. The molecule has 0 aliphatic heterocycles. The van der Waals surface area contributed by atoms with Crippen molar-refractivity contribution in [2.24, 2.45) is 0 Å². The third kappa shape index (κ3) is 3.32. The largest absolute Gasteiger partial charge is 0.387 e. The van der Waals surface area contributed by atoms with Crippen LogP contribution in [0.3, 0.4) is 0 Å². The summed E-state index contributed by atoms with van der Waals surface area (Å²) in [6.45, 7) is 11.1. The van der Waals surface area contributed by atoms with Crippen LogP contribution in [0.2, 0.25) is 0 Å². The summed E-state index contributed by atoms with van der Waals surface area (Å²) in [4.78, 5) is 2.24. The smallest absolute Gasteiger partial charge is 0.0919 e. The van der Waals surface area contributed by atoms with Gasteiger partial charge in [0.15, 0.2) is 0 Å². The van der Waals surface area contributed by atoms with Gasteiger partial charge in [-0.05, 0) is 38.1 Å². The van der Waals surface area contributed by atoms with E-state index in [0.717, 1.165) is 25.2 Å². The van der Waals surface area contributed by atoms with Gasteiger partial charge in [0.25, 0.3) is 0 Å². The van der Waals surface area contributed by atoms with Crippen LogP contribution < -0.4 is 0 Å². The van der Waals surface area contributed by atoms with Crippen LogP contribution >= 0.6 is 0 Å². The van der Waals surface area contributed by atoms with Crippen molar-refractivity contribution >= 4 is 0 Å². The van der Waals surface area contributed by atoms with E-state index >= 15 is 0 Å². The summed E-state index contributed by atoms with van der Waals surface area (Å²) in [6, 6.07) is 6.23. The quantitative estimate of drug-likeness (QED) is 0.826. The van der Waals surface area contributed by atoms with Gasteiger partial charge in [0.05, 0.1) is 6.10 Å². The number of benzene rings is 1. The molecule has 2 nitrogen and oxygen atoms in total. The SMILES string of the molecule is CCN(CC)CC(O)c1ccc(C)cc1C. The lowest BCUT2D eigenvalue weighted by atomic mass is 10.0. The fourth-order valence-electron chi connectivity index (χ4n) is 2.02. The van der Waals surface area contributed by atoms with Crippen LogP contribution in [0.1, 0.15) is 36.6 Å². The Morgan fingerprint density at radius 2 is 1.81 bits per heavy atom. The molecule has 0 aromatic heterocycles. The first kappa shape index (κ1) is 13.2. The Morgan fingerprint density at radius 3 is 2.31 bits per heavy atom. The van der Waals surface area contributed by atoms with Gasteiger partial charge in [-0.15, -0.1) is 0 Å². The third-order valence-electron chi connectivity index (χ3n) is 3.11. The van der Waals surface area contributed by atoms with Gasteiger partial charge in [0.2, 0.25) is 0 Å². The van der Waals surface area contributed by atoms with Crippen LogP contribution in [-0.4, -0.2) is 29.6 Å². The fraction of sp³-hybridized carbons (Fsp3) is 0.571. The van der Waals surface area contributed by atoms with Gasteiger partial charge in [-0.3, -0.25) is 0 Å². The topological polar surface area (TPSA) is 23.5 Å². The summed E-state index contributed by atoms with van der Waals surface area (Å²) < 4.78 is 0. The van der Waals surface area contributed by atoms with Crippen molar-refractivity contribution in [1.82, 2.24) is 4.90 Å². The minimum absolute atomic E-state index is 0.375. The highest BCUT2D eigenvalue weighted by atomic mass is 16.3. The molecule has 0 saturated heterocycles. The molecule has 16 heavy (non-hydrogen) atoms. The molecule has 1 unspecified atom stereocenters. The van der Waals surface area contributed by atoms with Gasteiger partial charge in [-0.2, -0.15) is 0 Å². The van der Waals surface area contributed by atoms with E-state index in [9.17, 15) is 5.11 Å². The second-order valence-corrected chi connectivity index (χ2v) is 4.36. The van der Waals surface area contributed by atoms with Gasteiger partial charge in [-0.1, -0.05) is 37.6 Å². The molecule has 1 atom stereocenters. The molecule has 0 amide bonds. The number of rotatable bonds is 5. The zero-order valence-electron chi connectivity index (χ0n) is 10.8. The van der Waals surface area contributed by atoms with E-state index in [-0.39, 0.29) is 6.10 Å². The number of aliphatic hydroxyl groups is 1. The summed E-state index contributed by atoms with van der Waals surface area (Å²) in [6.07, 6.45) is -0.375. The zero-order chi connectivity index (χ0) is 12.1. The highest BCUT2D eigenvalue weighted by molar-refractivity contribution is 5.32. The van der Waals surface area contributed by atoms with Crippen LogP contribution in [0, 0.1) is 13.8 Å². The molecule has 0 bridgehead atoms. The molecule has 1 aromatic rings. The van der Waals surface area contributed by atoms with Gasteiger partial charge in [0.1, 0.15) is 0 Å². The number of hydrogen-bond acceptors (Lipinski definition) is 2. The van der Waals surface area contributed by atoms with Gasteiger partial charge in [0, 0.05) is 6.54 Å². The number of nitrogens with zero attached hydrogens (tertiary/aromatic N) is 1. The van der Waals surface area contributed by atoms with E-state index in [1.54, 1.807) is 0 Å². The first-order valence-electron chi connectivity index (χ1n) is 6.06. The highest BCUT2D eigenvalue weighted by Gasteiger charge is 2.13. The fourth-order valence-corrected chi connectivity index (χ4v) is 2.02.